The molecule has 1 aliphatic rings. The summed E-state index contributed by atoms with van der Waals surface area (Å²) in [6.45, 7) is 4.49. The van der Waals surface area contributed by atoms with Crippen LogP contribution in [0.4, 0.5) is 0 Å². The molecule has 1 nitrogen and oxygen atoms in total. The maximum absolute atomic E-state index is 5.96. The highest BCUT2D eigenvalue weighted by Gasteiger charge is 2.28. The normalized spacial score (nSPS) is 49.2. The second kappa shape index (κ2) is 3.22. The molecule has 1 aliphatic carbocycles. The van der Waals surface area contributed by atoms with Crippen LogP contribution in [-0.2, 0) is 0 Å². The topological polar surface area (TPSA) is 26.0 Å². The first-order valence-electron chi connectivity index (χ1n) is 4.01. The fourth-order valence-electron chi connectivity index (χ4n) is 1.78. The van der Waals surface area contributed by atoms with Crippen molar-refractivity contribution < 1.29 is 0 Å². The number of hydrogen-bond acceptors (Lipinski definition) is 1. The fraction of sp³-hybridized carbons (Fsp3) is 1.00. The van der Waals surface area contributed by atoms with E-state index in [4.69, 9.17) is 5.73 Å². The molecule has 1 fully saturated rings. The predicted molar refractivity (Wildman–Crippen MR) is 48.3 cm³/mol. The highest BCUT2D eigenvalue weighted by molar-refractivity contribution is 9.09. The summed E-state index contributed by atoms with van der Waals surface area (Å²) in [5.41, 5.74) is 5.96. The number of halogens is 1. The van der Waals surface area contributed by atoms with Crippen LogP contribution in [0, 0.1) is 11.8 Å². The Morgan fingerprint density at radius 1 is 1.20 bits per heavy atom. The third-order valence-corrected chi connectivity index (χ3v) is 3.32. The first-order chi connectivity index (χ1) is 4.61. The van der Waals surface area contributed by atoms with Crippen LogP contribution in [0.5, 0.6) is 0 Å². The summed E-state index contributed by atoms with van der Waals surface area (Å²) < 4.78 is 0. The molecule has 0 heterocycles. The van der Waals surface area contributed by atoms with Gasteiger partial charge in [-0.3, -0.25) is 0 Å². The van der Waals surface area contributed by atoms with Crippen molar-refractivity contribution in [2.45, 2.75) is 37.6 Å². The summed E-state index contributed by atoms with van der Waals surface area (Å²) in [7, 11) is 0. The van der Waals surface area contributed by atoms with E-state index >= 15 is 0 Å². The second-order valence-electron chi connectivity index (χ2n) is 3.60. The van der Waals surface area contributed by atoms with Gasteiger partial charge in [-0.2, -0.15) is 0 Å². The predicted octanol–water partition coefficient (Wildman–Crippen LogP) is 2.14. The van der Waals surface area contributed by atoms with Gasteiger partial charge in [0.05, 0.1) is 0 Å². The lowest BCUT2D eigenvalue weighted by molar-refractivity contribution is 0.259. The van der Waals surface area contributed by atoms with Gasteiger partial charge >= 0.3 is 0 Å². The van der Waals surface area contributed by atoms with E-state index < -0.39 is 0 Å². The number of nitrogens with two attached hydrogens (primary N) is 1. The van der Waals surface area contributed by atoms with Crippen LogP contribution in [-0.4, -0.2) is 10.9 Å². The molecule has 0 spiro atoms. The summed E-state index contributed by atoms with van der Waals surface area (Å²) in [6, 6.07) is 0.425. The molecule has 60 valence electrons. The average molecular weight is 206 g/mol. The SMILES string of the molecule is CC1CC(Br)CC(C)C1N. The zero-order valence-corrected chi connectivity index (χ0v) is 8.26. The fourth-order valence-corrected chi connectivity index (χ4v) is 2.96. The number of alkyl halides is 1. The molecule has 0 radical (unpaired) electrons. The van der Waals surface area contributed by atoms with Crippen molar-refractivity contribution in [3.8, 4) is 0 Å². The third-order valence-electron chi connectivity index (χ3n) is 2.57. The van der Waals surface area contributed by atoms with E-state index in [1.165, 1.54) is 12.8 Å². The van der Waals surface area contributed by atoms with Gasteiger partial charge in [0.15, 0.2) is 0 Å². The van der Waals surface area contributed by atoms with Gasteiger partial charge < -0.3 is 5.73 Å². The highest BCUT2D eigenvalue weighted by Crippen LogP contribution is 2.31. The highest BCUT2D eigenvalue weighted by atomic mass is 79.9. The molecular weight excluding hydrogens is 190 g/mol. The Kier molecular flexibility index (Phi) is 2.75. The van der Waals surface area contributed by atoms with Crippen molar-refractivity contribution in [3.63, 3.8) is 0 Å². The van der Waals surface area contributed by atoms with Crippen LogP contribution in [0.25, 0.3) is 0 Å². The molecule has 10 heavy (non-hydrogen) atoms. The van der Waals surface area contributed by atoms with Gasteiger partial charge in [-0.1, -0.05) is 29.8 Å². The third kappa shape index (κ3) is 1.73. The maximum atomic E-state index is 5.96. The Morgan fingerprint density at radius 2 is 1.60 bits per heavy atom. The van der Waals surface area contributed by atoms with Gasteiger partial charge in [-0.05, 0) is 24.7 Å². The minimum atomic E-state index is 0.425. The van der Waals surface area contributed by atoms with E-state index in [9.17, 15) is 0 Å². The maximum Gasteiger partial charge on any atom is 0.0152 e. The van der Waals surface area contributed by atoms with Crippen molar-refractivity contribution in [1.29, 1.82) is 0 Å². The molecule has 0 aliphatic heterocycles. The first-order valence-corrected chi connectivity index (χ1v) is 4.92. The van der Waals surface area contributed by atoms with E-state index in [2.05, 4.69) is 29.8 Å². The summed E-state index contributed by atoms with van der Waals surface area (Å²) in [5.74, 6) is 1.38. The van der Waals surface area contributed by atoms with Gasteiger partial charge in [-0.15, -0.1) is 0 Å². The molecule has 1 rings (SSSR count). The van der Waals surface area contributed by atoms with Crippen LogP contribution in [0.3, 0.4) is 0 Å². The van der Waals surface area contributed by atoms with Crippen molar-refractivity contribution in [3.05, 3.63) is 0 Å². The molecule has 2 unspecified atom stereocenters. The van der Waals surface area contributed by atoms with Crippen LogP contribution < -0.4 is 5.73 Å². The number of rotatable bonds is 0. The van der Waals surface area contributed by atoms with E-state index in [1.54, 1.807) is 0 Å². The van der Waals surface area contributed by atoms with Crippen molar-refractivity contribution in [1.82, 2.24) is 0 Å². The molecule has 0 saturated heterocycles. The molecular formula is C8H16BrN. The summed E-state index contributed by atoms with van der Waals surface area (Å²) in [4.78, 5) is 0.706. The van der Waals surface area contributed by atoms with Gasteiger partial charge in [0, 0.05) is 10.9 Å². The minimum absolute atomic E-state index is 0.425. The largest absolute Gasteiger partial charge is 0.327 e. The van der Waals surface area contributed by atoms with Crippen LogP contribution in [0.1, 0.15) is 26.7 Å². The van der Waals surface area contributed by atoms with Crippen LogP contribution in [0.2, 0.25) is 0 Å². The monoisotopic (exact) mass is 205 g/mol. The Morgan fingerprint density at radius 3 is 2.00 bits per heavy atom. The molecule has 2 heteroatoms. The molecule has 0 bridgehead atoms. The molecule has 2 atom stereocenters. The molecule has 0 aromatic heterocycles. The Balaban J connectivity index is 2.49. The average Bonchev–Trinajstić information content (AvgIpc) is 1.82. The van der Waals surface area contributed by atoms with Gasteiger partial charge in [0.25, 0.3) is 0 Å². The Bertz CT molecular complexity index is 104. The molecule has 0 aromatic rings. The molecule has 0 amide bonds. The summed E-state index contributed by atoms with van der Waals surface area (Å²) in [5, 5.41) is 0. The quantitative estimate of drug-likeness (QED) is 0.604. The van der Waals surface area contributed by atoms with Crippen molar-refractivity contribution in [2.75, 3.05) is 0 Å². The van der Waals surface area contributed by atoms with E-state index in [0.29, 0.717) is 22.7 Å². The lowest BCUT2D eigenvalue weighted by Gasteiger charge is -2.34. The standard InChI is InChI=1S/C8H16BrN/c1-5-3-7(9)4-6(2)8(5)10/h5-8H,3-4,10H2,1-2H3. The van der Waals surface area contributed by atoms with Crippen LogP contribution >= 0.6 is 15.9 Å². The van der Waals surface area contributed by atoms with E-state index in [1.807, 2.05) is 0 Å². The zero-order chi connectivity index (χ0) is 7.72. The Labute approximate surface area is 71.5 Å². The van der Waals surface area contributed by atoms with Gasteiger partial charge in [0.1, 0.15) is 0 Å². The van der Waals surface area contributed by atoms with E-state index in [0.717, 1.165) is 0 Å². The van der Waals surface area contributed by atoms with Crippen molar-refractivity contribution in [2.24, 2.45) is 17.6 Å². The van der Waals surface area contributed by atoms with Gasteiger partial charge in [0.2, 0.25) is 0 Å². The van der Waals surface area contributed by atoms with E-state index in [-0.39, 0.29) is 0 Å². The van der Waals surface area contributed by atoms with Crippen LogP contribution in [0.15, 0.2) is 0 Å². The second-order valence-corrected chi connectivity index (χ2v) is 4.90. The molecule has 2 N–H and O–H groups in total. The Hall–Kier alpha value is 0.440. The van der Waals surface area contributed by atoms with Gasteiger partial charge in [-0.25, -0.2) is 0 Å². The summed E-state index contributed by atoms with van der Waals surface area (Å²) in [6.07, 6.45) is 2.48. The summed E-state index contributed by atoms with van der Waals surface area (Å²) >= 11 is 3.64. The minimum Gasteiger partial charge on any atom is -0.327 e. The number of hydrogen-bond donors (Lipinski definition) is 1. The first kappa shape index (κ1) is 8.54. The molecule has 1 saturated carbocycles. The lowest BCUT2D eigenvalue weighted by Crippen LogP contribution is -2.41. The lowest BCUT2D eigenvalue weighted by atomic mass is 9.79. The smallest absolute Gasteiger partial charge is 0.0152 e. The zero-order valence-electron chi connectivity index (χ0n) is 6.68. The molecule has 0 aromatic carbocycles. The van der Waals surface area contributed by atoms with Crippen molar-refractivity contribution >= 4 is 15.9 Å².